The van der Waals surface area contributed by atoms with Gasteiger partial charge in [-0.2, -0.15) is 5.10 Å². The van der Waals surface area contributed by atoms with Gasteiger partial charge in [-0.05, 0) is 25.3 Å². The van der Waals surface area contributed by atoms with Crippen LogP contribution in [0.25, 0.3) is 0 Å². The molecule has 0 bridgehead atoms. The van der Waals surface area contributed by atoms with Crippen LogP contribution < -0.4 is 5.32 Å². The lowest BCUT2D eigenvalue weighted by atomic mass is 9.82. The second-order valence-electron chi connectivity index (χ2n) is 6.42. The van der Waals surface area contributed by atoms with Crippen molar-refractivity contribution in [3.63, 3.8) is 0 Å². The first-order chi connectivity index (χ1) is 8.32. The summed E-state index contributed by atoms with van der Waals surface area (Å²) in [5.41, 5.74) is 3.24. The molecule has 1 saturated heterocycles. The maximum absolute atomic E-state index is 10.6. The summed E-state index contributed by atoms with van der Waals surface area (Å²) in [6.45, 7) is 10.5. The highest BCUT2D eigenvalue weighted by molar-refractivity contribution is 5.34. The molecule has 1 aliphatic heterocycles. The van der Waals surface area contributed by atoms with Crippen LogP contribution in [0, 0.1) is 12.8 Å². The molecule has 1 aliphatic rings. The van der Waals surface area contributed by atoms with Crippen molar-refractivity contribution in [2.75, 3.05) is 13.1 Å². The maximum atomic E-state index is 10.6. The molecule has 0 spiro atoms. The minimum absolute atomic E-state index is 0.0146. The number of aliphatic hydroxyl groups is 1. The summed E-state index contributed by atoms with van der Waals surface area (Å²) in [5, 5.41) is 18.5. The Bertz CT molecular complexity index is 425. The Balaban J connectivity index is 2.40. The third kappa shape index (κ3) is 2.31. The van der Waals surface area contributed by atoms with Crippen molar-refractivity contribution in [2.45, 2.75) is 45.6 Å². The van der Waals surface area contributed by atoms with Crippen molar-refractivity contribution in [1.29, 1.82) is 0 Å². The van der Waals surface area contributed by atoms with Gasteiger partial charge in [0.05, 0.1) is 5.69 Å². The quantitative estimate of drug-likeness (QED) is 0.840. The van der Waals surface area contributed by atoms with Gasteiger partial charge in [-0.1, -0.05) is 20.8 Å². The van der Waals surface area contributed by atoms with Crippen LogP contribution in [-0.4, -0.2) is 28.0 Å². The fraction of sp³-hybridized carbons (Fsp3) is 0.786. The molecular weight excluding hydrogens is 226 g/mol. The zero-order chi connectivity index (χ0) is 13.5. The molecule has 0 amide bonds. The summed E-state index contributed by atoms with van der Waals surface area (Å²) in [4.78, 5) is 0. The topological polar surface area (TPSA) is 50.1 Å². The van der Waals surface area contributed by atoms with E-state index in [1.165, 1.54) is 5.56 Å². The van der Waals surface area contributed by atoms with Gasteiger partial charge < -0.3 is 10.4 Å². The minimum Gasteiger partial charge on any atom is -0.386 e. The highest BCUT2D eigenvalue weighted by atomic mass is 16.3. The first kappa shape index (κ1) is 13.6. The molecule has 1 aromatic rings. The molecule has 4 nitrogen and oxygen atoms in total. The van der Waals surface area contributed by atoms with Crippen LogP contribution in [-0.2, 0) is 12.5 Å². The third-order valence-electron chi connectivity index (χ3n) is 3.94. The van der Waals surface area contributed by atoms with E-state index in [1.807, 2.05) is 11.7 Å². The van der Waals surface area contributed by atoms with E-state index >= 15 is 0 Å². The first-order valence-electron chi connectivity index (χ1n) is 6.75. The van der Waals surface area contributed by atoms with Crippen LogP contribution in [0.1, 0.15) is 50.2 Å². The summed E-state index contributed by atoms with van der Waals surface area (Å²) in [6.07, 6.45) is 0.578. The molecule has 0 aromatic carbocycles. The van der Waals surface area contributed by atoms with Gasteiger partial charge in [0, 0.05) is 30.8 Å². The van der Waals surface area contributed by atoms with E-state index in [4.69, 9.17) is 0 Å². The summed E-state index contributed by atoms with van der Waals surface area (Å²) in [7, 11) is 1.95. The van der Waals surface area contributed by atoms with Crippen molar-refractivity contribution < 1.29 is 5.11 Å². The smallest absolute Gasteiger partial charge is 0.102 e. The molecule has 0 radical (unpaired) electrons. The van der Waals surface area contributed by atoms with Crippen molar-refractivity contribution in [3.05, 3.63) is 17.0 Å². The SMILES string of the molecule is Cc1c(C(C)(C)C)c(C(O)C2CCNC2)nn1C. The van der Waals surface area contributed by atoms with Gasteiger partial charge in [0.25, 0.3) is 0 Å². The summed E-state index contributed by atoms with van der Waals surface area (Å²) in [5.74, 6) is 0.292. The zero-order valence-corrected chi connectivity index (χ0v) is 12.1. The number of aryl methyl sites for hydroxylation is 1. The Morgan fingerprint density at radius 1 is 1.44 bits per heavy atom. The lowest BCUT2D eigenvalue weighted by Crippen LogP contribution is -2.21. The van der Waals surface area contributed by atoms with Crippen LogP contribution in [0.15, 0.2) is 0 Å². The highest BCUT2D eigenvalue weighted by Crippen LogP contribution is 2.35. The predicted molar refractivity (Wildman–Crippen MR) is 72.6 cm³/mol. The standard InChI is InChI=1S/C14H25N3O/c1-9-11(14(2,3)4)12(16-17(9)5)13(18)10-6-7-15-8-10/h10,13,15,18H,6-8H2,1-5H3. The summed E-state index contributed by atoms with van der Waals surface area (Å²) < 4.78 is 1.89. The molecule has 2 unspecified atom stereocenters. The Morgan fingerprint density at radius 3 is 2.61 bits per heavy atom. The molecule has 18 heavy (non-hydrogen) atoms. The van der Waals surface area contributed by atoms with Gasteiger partial charge in [0.1, 0.15) is 6.10 Å². The first-order valence-corrected chi connectivity index (χ1v) is 6.75. The van der Waals surface area contributed by atoms with Crippen LogP contribution in [0.4, 0.5) is 0 Å². The molecule has 2 N–H and O–H groups in total. The maximum Gasteiger partial charge on any atom is 0.102 e. The van der Waals surface area contributed by atoms with E-state index in [9.17, 15) is 5.11 Å². The normalized spacial score (nSPS) is 22.4. The van der Waals surface area contributed by atoms with Gasteiger partial charge in [-0.25, -0.2) is 0 Å². The number of hydrogen-bond acceptors (Lipinski definition) is 3. The van der Waals surface area contributed by atoms with E-state index in [-0.39, 0.29) is 5.41 Å². The van der Waals surface area contributed by atoms with E-state index < -0.39 is 6.10 Å². The van der Waals surface area contributed by atoms with Crippen molar-refractivity contribution in [3.8, 4) is 0 Å². The predicted octanol–water partition coefficient (Wildman–Crippen LogP) is 1.67. The van der Waals surface area contributed by atoms with E-state index in [2.05, 4.69) is 38.1 Å². The summed E-state index contributed by atoms with van der Waals surface area (Å²) in [6, 6.07) is 0. The number of nitrogens with zero attached hydrogens (tertiary/aromatic N) is 2. The second-order valence-corrected chi connectivity index (χ2v) is 6.42. The van der Waals surface area contributed by atoms with Crippen LogP contribution >= 0.6 is 0 Å². The van der Waals surface area contributed by atoms with E-state index in [0.717, 1.165) is 30.9 Å². The largest absolute Gasteiger partial charge is 0.386 e. The fourth-order valence-corrected chi connectivity index (χ4v) is 2.94. The third-order valence-corrected chi connectivity index (χ3v) is 3.94. The Hall–Kier alpha value is -0.870. The molecule has 1 aromatic heterocycles. The Labute approximate surface area is 109 Å². The van der Waals surface area contributed by atoms with Crippen molar-refractivity contribution >= 4 is 0 Å². The van der Waals surface area contributed by atoms with Gasteiger partial charge in [-0.15, -0.1) is 0 Å². The monoisotopic (exact) mass is 251 g/mol. The molecule has 4 heteroatoms. The number of rotatable bonds is 2. The fourth-order valence-electron chi connectivity index (χ4n) is 2.94. The molecular formula is C14H25N3O. The van der Waals surface area contributed by atoms with E-state index in [0.29, 0.717) is 5.92 Å². The number of aromatic nitrogens is 2. The number of aliphatic hydroxyl groups excluding tert-OH is 1. The average molecular weight is 251 g/mol. The molecule has 0 saturated carbocycles. The minimum atomic E-state index is -0.450. The summed E-state index contributed by atoms with van der Waals surface area (Å²) >= 11 is 0. The van der Waals surface area contributed by atoms with Crippen LogP contribution in [0.2, 0.25) is 0 Å². The molecule has 1 fully saturated rings. The Morgan fingerprint density at radius 2 is 2.11 bits per heavy atom. The van der Waals surface area contributed by atoms with Gasteiger partial charge >= 0.3 is 0 Å². The molecule has 2 rings (SSSR count). The van der Waals surface area contributed by atoms with Crippen molar-refractivity contribution in [1.82, 2.24) is 15.1 Å². The molecule has 2 heterocycles. The lowest BCUT2D eigenvalue weighted by molar-refractivity contribution is 0.111. The number of nitrogens with one attached hydrogen (secondary N) is 1. The van der Waals surface area contributed by atoms with Gasteiger partial charge in [0.2, 0.25) is 0 Å². The van der Waals surface area contributed by atoms with Crippen LogP contribution in [0.5, 0.6) is 0 Å². The molecule has 2 atom stereocenters. The molecule has 0 aliphatic carbocycles. The highest BCUT2D eigenvalue weighted by Gasteiger charge is 2.33. The second kappa shape index (κ2) is 4.67. The van der Waals surface area contributed by atoms with Crippen LogP contribution in [0.3, 0.4) is 0 Å². The number of hydrogen-bond donors (Lipinski definition) is 2. The van der Waals surface area contributed by atoms with Gasteiger partial charge in [0.15, 0.2) is 0 Å². The zero-order valence-electron chi connectivity index (χ0n) is 12.1. The van der Waals surface area contributed by atoms with Crippen molar-refractivity contribution in [2.24, 2.45) is 13.0 Å². The lowest BCUT2D eigenvalue weighted by Gasteiger charge is -2.24. The molecule has 102 valence electrons. The average Bonchev–Trinajstić information content (AvgIpc) is 2.86. The Kier molecular flexibility index (Phi) is 3.52. The van der Waals surface area contributed by atoms with E-state index in [1.54, 1.807) is 0 Å². The van der Waals surface area contributed by atoms with Gasteiger partial charge in [-0.3, -0.25) is 4.68 Å².